The average molecular weight is 264 g/mol. The molecule has 0 spiro atoms. The summed E-state index contributed by atoms with van der Waals surface area (Å²) in [5.74, 6) is 0.599. The lowest BCUT2D eigenvalue weighted by atomic mass is 10.0. The zero-order valence-corrected chi connectivity index (χ0v) is 12.0. The lowest BCUT2D eigenvalue weighted by molar-refractivity contribution is 0.179. The van der Waals surface area contributed by atoms with Gasteiger partial charge in [-0.15, -0.1) is 0 Å². The van der Waals surface area contributed by atoms with Crippen LogP contribution in [0.15, 0.2) is 24.3 Å². The van der Waals surface area contributed by atoms with Gasteiger partial charge in [0.15, 0.2) is 0 Å². The fourth-order valence-electron chi connectivity index (χ4n) is 2.64. The minimum absolute atomic E-state index is 0.0836. The summed E-state index contributed by atoms with van der Waals surface area (Å²) in [6.45, 7) is 8.36. The van der Waals surface area contributed by atoms with Gasteiger partial charge in [-0.05, 0) is 37.9 Å². The Morgan fingerprint density at radius 3 is 2.89 bits per heavy atom. The summed E-state index contributed by atoms with van der Waals surface area (Å²) in [5, 5.41) is 3.62. The maximum Gasteiger partial charge on any atom is 0.127 e. The molecule has 1 aromatic carbocycles. The molecule has 1 atom stereocenters. The van der Waals surface area contributed by atoms with Crippen LogP contribution in [-0.4, -0.2) is 30.6 Å². The molecule has 2 rings (SSSR count). The summed E-state index contributed by atoms with van der Waals surface area (Å²) in [6.07, 6.45) is 2.44. The van der Waals surface area contributed by atoms with Crippen LogP contribution in [0, 0.1) is 11.7 Å². The smallest absolute Gasteiger partial charge is 0.127 e. The van der Waals surface area contributed by atoms with Crippen molar-refractivity contribution in [1.82, 2.24) is 10.2 Å². The lowest BCUT2D eigenvalue weighted by Crippen LogP contribution is -2.46. The standard InChI is InChI=1S/C16H25FN2/c1-13(2)10-18-15-7-5-9-19(12-15)11-14-6-3-4-8-16(14)17/h3-4,6,8,13,15,18H,5,7,9-12H2,1-2H3. The van der Waals surface area contributed by atoms with Crippen LogP contribution in [0.1, 0.15) is 32.3 Å². The number of halogens is 1. The van der Waals surface area contributed by atoms with Crippen LogP contribution >= 0.6 is 0 Å². The van der Waals surface area contributed by atoms with Gasteiger partial charge in [-0.25, -0.2) is 4.39 Å². The minimum atomic E-state index is -0.0836. The number of hydrogen-bond donors (Lipinski definition) is 1. The summed E-state index contributed by atoms with van der Waals surface area (Å²) in [6, 6.07) is 7.66. The van der Waals surface area contributed by atoms with Crippen molar-refractivity contribution in [2.75, 3.05) is 19.6 Å². The third kappa shape index (κ3) is 4.59. The van der Waals surface area contributed by atoms with E-state index in [0.29, 0.717) is 12.0 Å². The molecule has 1 N–H and O–H groups in total. The van der Waals surface area contributed by atoms with E-state index in [-0.39, 0.29) is 5.82 Å². The lowest BCUT2D eigenvalue weighted by Gasteiger charge is -2.33. The topological polar surface area (TPSA) is 15.3 Å². The van der Waals surface area contributed by atoms with Crippen LogP contribution in [0.3, 0.4) is 0 Å². The summed E-state index contributed by atoms with van der Waals surface area (Å²) < 4.78 is 13.7. The van der Waals surface area contributed by atoms with Crippen LogP contribution in [-0.2, 0) is 6.54 Å². The molecule has 0 amide bonds. The molecule has 1 aliphatic heterocycles. The Balaban J connectivity index is 1.86. The Morgan fingerprint density at radius 2 is 2.16 bits per heavy atom. The normalized spacial score (nSPS) is 20.9. The molecule has 1 fully saturated rings. The van der Waals surface area contributed by atoms with Gasteiger partial charge in [-0.3, -0.25) is 4.90 Å². The van der Waals surface area contributed by atoms with Crippen molar-refractivity contribution in [3.63, 3.8) is 0 Å². The van der Waals surface area contributed by atoms with Crippen LogP contribution in [0.5, 0.6) is 0 Å². The van der Waals surface area contributed by atoms with Gasteiger partial charge in [0.1, 0.15) is 5.82 Å². The van der Waals surface area contributed by atoms with Crippen molar-refractivity contribution < 1.29 is 4.39 Å². The van der Waals surface area contributed by atoms with Gasteiger partial charge in [-0.1, -0.05) is 32.0 Å². The molecule has 19 heavy (non-hydrogen) atoms. The molecule has 1 heterocycles. The van der Waals surface area contributed by atoms with Gasteiger partial charge < -0.3 is 5.32 Å². The second kappa shape index (κ2) is 7.01. The van der Waals surface area contributed by atoms with Crippen molar-refractivity contribution in [2.45, 2.75) is 39.3 Å². The minimum Gasteiger partial charge on any atom is -0.312 e. The van der Waals surface area contributed by atoms with Gasteiger partial charge in [0.05, 0.1) is 0 Å². The van der Waals surface area contributed by atoms with Gasteiger partial charge in [-0.2, -0.15) is 0 Å². The molecular weight excluding hydrogens is 239 g/mol. The van der Waals surface area contributed by atoms with Crippen molar-refractivity contribution in [1.29, 1.82) is 0 Å². The molecule has 3 heteroatoms. The molecule has 0 aromatic heterocycles. The van der Waals surface area contributed by atoms with Crippen LogP contribution in [0.2, 0.25) is 0 Å². The third-order valence-electron chi connectivity index (χ3n) is 3.67. The molecule has 2 nitrogen and oxygen atoms in total. The quantitative estimate of drug-likeness (QED) is 0.879. The highest BCUT2D eigenvalue weighted by molar-refractivity contribution is 5.17. The SMILES string of the molecule is CC(C)CNC1CCCN(Cc2ccccc2F)C1. The zero-order chi connectivity index (χ0) is 13.7. The first-order chi connectivity index (χ1) is 9.15. The molecule has 106 valence electrons. The summed E-state index contributed by atoms with van der Waals surface area (Å²) in [7, 11) is 0. The number of rotatable bonds is 5. The Labute approximate surface area is 116 Å². The van der Waals surface area contributed by atoms with Gasteiger partial charge in [0.2, 0.25) is 0 Å². The molecule has 1 aliphatic rings. The van der Waals surface area contributed by atoms with E-state index in [1.54, 1.807) is 12.1 Å². The zero-order valence-electron chi connectivity index (χ0n) is 12.0. The van der Waals surface area contributed by atoms with Crippen molar-refractivity contribution in [3.05, 3.63) is 35.6 Å². The van der Waals surface area contributed by atoms with Gasteiger partial charge in [0, 0.05) is 24.7 Å². The monoisotopic (exact) mass is 264 g/mol. The van der Waals surface area contributed by atoms with E-state index in [9.17, 15) is 4.39 Å². The van der Waals surface area contributed by atoms with E-state index in [4.69, 9.17) is 0 Å². The fraction of sp³-hybridized carbons (Fsp3) is 0.625. The van der Waals surface area contributed by atoms with E-state index in [1.807, 2.05) is 12.1 Å². The number of nitrogens with one attached hydrogen (secondary N) is 1. The highest BCUT2D eigenvalue weighted by Gasteiger charge is 2.20. The predicted molar refractivity (Wildman–Crippen MR) is 77.5 cm³/mol. The Kier molecular flexibility index (Phi) is 5.34. The van der Waals surface area contributed by atoms with Crippen molar-refractivity contribution in [2.24, 2.45) is 5.92 Å². The van der Waals surface area contributed by atoms with Gasteiger partial charge >= 0.3 is 0 Å². The Morgan fingerprint density at radius 1 is 1.37 bits per heavy atom. The first-order valence-corrected chi connectivity index (χ1v) is 7.34. The number of piperidine rings is 1. The molecule has 1 saturated heterocycles. The van der Waals surface area contributed by atoms with E-state index >= 15 is 0 Å². The first kappa shape index (κ1) is 14.5. The largest absolute Gasteiger partial charge is 0.312 e. The fourth-order valence-corrected chi connectivity index (χ4v) is 2.64. The van der Waals surface area contributed by atoms with Gasteiger partial charge in [0.25, 0.3) is 0 Å². The van der Waals surface area contributed by atoms with Crippen LogP contribution in [0.25, 0.3) is 0 Å². The average Bonchev–Trinajstić information content (AvgIpc) is 2.40. The Hall–Kier alpha value is -0.930. The summed E-state index contributed by atoms with van der Waals surface area (Å²) >= 11 is 0. The molecule has 0 bridgehead atoms. The second-order valence-electron chi connectivity index (χ2n) is 5.97. The molecule has 0 saturated carbocycles. The number of likely N-dealkylation sites (tertiary alicyclic amines) is 1. The van der Waals surface area contributed by atoms with E-state index < -0.39 is 0 Å². The highest BCUT2D eigenvalue weighted by atomic mass is 19.1. The number of hydrogen-bond acceptors (Lipinski definition) is 2. The van der Waals surface area contributed by atoms with E-state index in [2.05, 4.69) is 24.1 Å². The molecule has 1 aromatic rings. The number of benzene rings is 1. The van der Waals surface area contributed by atoms with Crippen LogP contribution in [0.4, 0.5) is 4.39 Å². The molecule has 0 aliphatic carbocycles. The Bertz CT molecular complexity index is 392. The van der Waals surface area contributed by atoms with Crippen LogP contribution < -0.4 is 5.32 Å². The second-order valence-corrected chi connectivity index (χ2v) is 5.97. The maximum absolute atomic E-state index is 13.7. The predicted octanol–water partition coefficient (Wildman–Crippen LogP) is 3.04. The molecule has 0 radical (unpaired) electrons. The van der Waals surface area contributed by atoms with E-state index in [0.717, 1.165) is 31.7 Å². The van der Waals surface area contributed by atoms with Crippen molar-refractivity contribution in [3.8, 4) is 0 Å². The number of nitrogens with zero attached hydrogens (tertiary/aromatic N) is 1. The van der Waals surface area contributed by atoms with E-state index in [1.165, 1.54) is 12.8 Å². The first-order valence-electron chi connectivity index (χ1n) is 7.34. The third-order valence-corrected chi connectivity index (χ3v) is 3.67. The molecular formula is C16H25FN2. The highest BCUT2D eigenvalue weighted by Crippen LogP contribution is 2.15. The molecule has 1 unspecified atom stereocenters. The maximum atomic E-state index is 13.7. The van der Waals surface area contributed by atoms with Crippen molar-refractivity contribution >= 4 is 0 Å². The summed E-state index contributed by atoms with van der Waals surface area (Å²) in [5.41, 5.74) is 0.812. The summed E-state index contributed by atoms with van der Waals surface area (Å²) in [4.78, 5) is 2.36.